The molecule has 14 heteroatoms. The molecule has 352 valence electrons. The van der Waals surface area contributed by atoms with E-state index in [0.29, 0.717) is 36.0 Å². The van der Waals surface area contributed by atoms with Crippen LogP contribution in [0.15, 0.2) is 36.2 Å². The monoisotopic (exact) mass is 895 g/mol. The maximum atomic E-state index is 15.0. The third-order valence-electron chi connectivity index (χ3n) is 12.7. The fraction of sp³-hybridized carbons (Fsp3) is 0.673. The minimum atomic E-state index is -1.14. The van der Waals surface area contributed by atoms with Gasteiger partial charge >= 0.3 is 11.9 Å². The molecule has 5 N–H and O–H groups in total. The smallest absolute Gasteiger partial charge is 0.309 e. The zero-order valence-electron chi connectivity index (χ0n) is 39.8. The lowest BCUT2D eigenvalue weighted by atomic mass is 9.83. The lowest BCUT2D eigenvalue weighted by Gasteiger charge is -2.40. The highest BCUT2D eigenvalue weighted by molar-refractivity contribution is 7.09. The number of carbonyl (C=O) groups is 5. The number of hydrogen-bond acceptors (Lipinski definition) is 11. The number of aliphatic carboxylic acids is 1. The van der Waals surface area contributed by atoms with Gasteiger partial charge in [0.25, 0.3) is 5.91 Å². The third kappa shape index (κ3) is 16.1. The Morgan fingerprint density at radius 1 is 1.14 bits per heavy atom. The molecule has 7 atom stereocenters. The predicted octanol–water partition coefficient (Wildman–Crippen LogP) is 8.03. The van der Waals surface area contributed by atoms with Crippen LogP contribution >= 0.6 is 11.3 Å². The van der Waals surface area contributed by atoms with E-state index < -0.39 is 41.4 Å². The van der Waals surface area contributed by atoms with Crippen molar-refractivity contribution >= 4 is 46.6 Å². The molecule has 3 rings (SSSR count). The van der Waals surface area contributed by atoms with E-state index in [1.54, 1.807) is 31.4 Å². The standard InChI is InChI=1S/C49H78N6O7S/c1-12-15-16-17-22-55(47(59)44(33(7)14-3)51-29-42(57)41-24-32(6)21-23-54(41)11)40(31(4)5)27-43(62-34(8)56)46-53-39(30-63-46)45(58)52-37(28-49(9,10)48(60)61)26-35-19-20-38(50)36(25-35)18-13-2/h13,19-20,25,30-33,37,40-41,43-44,51H,2,12,14-18,21-24,26-29,50H2,1,3-11H3,(H,52,58)(H,60,61)/t32-,33+,37+,40-,41?,43-,44+/m1/s1. The van der Waals surface area contributed by atoms with Gasteiger partial charge in [0.1, 0.15) is 10.7 Å². The second kappa shape index (κ2) is 25.4. The van der Waals surface area contributed by atoms with Gasteiger partial charge in [0, 0.05) is 43.0 Å². The van der Waals surface area contributed by atoms with Gasteiger partial charge in [-0.3, -0.25) is 34.2 Å². The zero-order chi connectivity index (χ0) is 47.0. The summed E-state index contributed by atoms with van der Waals surface area (Å²) in [6, 6.07) is 3.92. The number of carboxylic acid groups (broad SMARTS) is 1. The molecule has 13 nitrogen and oxygen atoms in total. The summed E-state index contributed by atoms with van der Waals surface area (Å²) in [5.74, 6) is -1.59. The number of aromatic nitrogens is 1. The Morgan fingerprint density at radius 3 is 2.48 bits per heavy atom. The van der Waals surface area contributed by atoms with E-state index in [2.05, 4.69) is 56.7 Å². The number of anilines is 1. The van der Waals surface area contributed by atoms with Crippen LogP contribution in [0.2, 0.25) is 0 Å². The Hall–Kier alpha value is -4.14. The highest BCUT2D eigenvalue weighted by Crippen LogP contribution is 2.33. The Labute approximate surface area is 381 Å². The summed E-state index contributed by atoms with van der Waals surface area (Å²) in [4.78, 5) is 76.3. The van der Waals surface area contributed by atoms with Crippen molar-refractivity contribution in [1.29, 1.82) is 0 Å². The molecule has 2 amide bonds. The molecular formula is C49H78N6O7S. The molecule has 1 fully saturated rings. The van der Waals surface area contributed by atoms with Crippen molar-refractivity contribution < 1.29 is 33.8 Å². The van der Waals surface area contributed by atoms with Gasteiger partial charge in [0.05, 0.1) is 24.0 Å². The van der Waals surface area contributed by atoms with Crippen molar-refractivity contribution in [3.63, 3.8) is 0 Å². The normalized spacial score (nSPS) is 18.2. The molecule has 2 heterocycles. The number of Topliss-reactive ketones (excluding diaryl/α,β-unsaturated/α-hetero) is 1. The average molecular weight is 895 g/mol. The number of piperidine rings is 1. The van der Waals surface area contributed by atoms with Crippen LogP contribution in [0, 0.1) is 23.2 Å². The lowest BCUT2D eigenvalue weighted by Crippen LogP contribution is -2.56. The fourth-order valence-corrected chi connectivity index (χ4v) is 9.36. The summed E-state index contributed by atoms with van der Waals surface area (Å²) >= 11 is 1.20. The Kier molecular flexibility index (Phi) is 21.4. The Balaban J connectivity index is 1.94. The molecule has 1 aromatic heterocycles. The number of ether oxygens (including phenoxy) is 1. The molecule has 63 heavy (non-hydrogen) atoms. The van der Waals surface area contributed by atoms with Gasteiger partial charge in [-0.05, 0) is 101 Å². The first kappa shape index (κ1) is 53.2. The number of nitrogens with zero attached hydrogens (tertiary/aromatic N) is 3. The van der Waals surface area contributed by atoms with E-state index in [0.717, 1.165) is 62.6 Å². The largest absolute Gasteiger partial charge is 0.481 e. The first-order valence-electron chi connectivity index (χ1n) is 23.1. The number of thiazole rings is 1. The van der Waals surface area contributed by atoms with Crippen LogP contribution in [-0.2, 0) is 36.8 Å². The maximum absolute atomic E-state index is 15.0. The zero-order valence-corrected chi connectivity index (χ0v) is 40.7. The van der Waals surface area contributed by atoms with E-state index in [-0.39, 0.29) is 60.7 Å². The van der Waals surface area contributed by atoms with Gasteiger partial charge in [-0.2, -0.15) is 0 Å². The van der Waals surface area contributed by atoms with Gasteiger partial charge in [0.15, 0.2) is 11.9 Å². The van der Waals surface area contributed by atoms with Crippen molar-refractivity contribution in [1.82, 2.24) is 25.4 Å². The van der Waals surface area contributed by atoms with Crippen molar-refractivity contribution in [2.75, 3.05) is 32.4 Å². The van der Waals surface area contributed by atoms with Gasteiger partial charge in [-0.1, -0.05) is 85.4 Å². The molecule has 2 aromatic rings. The van der Waals surface area contributed by atoms with E-state index in [1.807, 2.05) is 31.0 Å². The molecule has 1 aromatic carbocycles. The molecule has 0 radical (unpaired) electrons. The van der Waals surface area contributed by atoms with Crippen molar-refractivity contribution in [3.8, 4) is 0 Å². The molecule has 0 spiro atoms. The highest BCUT2D eigenvalue weighted by Gasteiger charge is 2.38. The molecule has 1 saturated heterocycles. The molecule has 0 bridgehead atoms. The van der Waals surface area contributed by atoms with Crippen LogP contribution in [0.25, 0.3) is 0 Å². The van der Waals surface area contributed by atoms with E-state index in [9.17, 15) is 29.1 Å². The summed E-state index contributed by atoms with van der Waals surface area (Å²) in [5.41, 5.74) is 7.57. The van der Waals surface area contributed by atoms with Gasteiger partial charge in [-0.25, -0.2) is 4.98 Å². The van der Waals surface area contributed by atoms with Crippen LogP contribution in [0.4, 0.5) is 5.69 Å². The van der Waals surface area contributed by atoms with Crippen molar-refractivity contribution in [2.45, 2.75) is 163 Å². The number of allylic oxidation sites excluding steroid dienone is 1. The number of carbonyl (C=O) groups excluding carboxylic acids is 4. The quantitative estimate of drug-likeness (QED) is 0.0295. The summed E-state index contributed by atoms with van der Waals surface area (Å²) in [6.45, 7) is 22.4. The van der Waals surface area contributed by atoms with E-state index in [1.165, 1.54) is 18.3 Å². The predicted molar refractivity (Wildman–Crippen MR) is 253 cm³/mol. The first-order chi connectivity index (χ1) is 29.7. The van der Waals surface area contributed by atoms with Crippen LogP contribution in [0.1, 0.15) is 153 Å². The number of nitrogen functional groups attached to an aromatic ring is 1. The number of ketones is 1. The fourth-order valence-electron chi connectivity index (χ4n) is 8.52. The topological polar surface area (TPSA) is 184 Å². The van der Waals surface area contributed by atoms with Crippen LogP contribution < -0.4 is 16.4 Å². The maximum Gasteiger partial charge on any atom is 0.309 e. The summed E-state index contributed by atoms with van der Waals surface area (Å²) in [6.07, 6.45) is 8.67. The molecule has 1 aliphatic rings. The molecule has 1 aliphatic heterocycles. The summed E-state index contributed by atoms with van der Waals surface area (Å²) in [7, 11) is 2.00. The minimum absolute atomic E-state index is 0.0452. The third-order valence-corrected chi connectivity index (χ3v) is 13.6. The number of amides is 2. The van der Waals surface area contributed by atoms with E-state index in [4.69, 9.17) is 15.5 Å². The van der Waals surface area contributed by atoms with Crippen molar-refractivity contribution in [3.05, 3.63) is 58.1 Å². The highest BCUT2D eigenvalue weighted by atomic mass is 32.1. The number of carboxylic acids is 1. The number of nitrogens with one attached hydrogen (secondary N) is 2. The second-order valence-electron chi connectivity index (χ2n) is 18.9. The number of likely N-dealkylation sites (tertiary alicyclic amines) is 1. The SMILES string of the molecule is C=CCc1cc(C[C@@H](CC(C)(C)C(=O)O)NC(=O)c2csc([C@@H](C[C@H](C(C)C)N(CCCCCC)C(=O)[C@@H](NCC(=O)C3C[C@H](C)CCN3C)[C@@H](C)CC)OC(C)=O)n2)ccc1N. The second-order valence-corrected chi connectivity index (χ2v) is 19.8. The van der Waals surface area contributed by atoms with E-state index >= 15 is 0 Å². The minimum Gasteiger partial charge on any atom is -0.481 e. The Morgan fingerprint density at radius 2 is 1.86 bits per heavy atom. The Bertz CT molecular complexity index is 1830. The average Bonchev–Trinajstić information content (AvgIpc) is 3.72. The molecule has 0 aliphatic carbocycles. The number of benzene rings is 1. The molecule has 1 unspecified atom stereocenters. The van der Waals surface area contributed by atoms with Gasteiger partial charge < -0.3 is 25.8 Å². The van der Waals surface area contributed by atoms with Gasteiger partial charge in [-0.15, -0.1) is 17.9 Å². The lowest BCUT2D eigenvalue weighted by molar-refractivity contribution is -0.149. The number of esters is 1. The van der Waals surface area contributed by atoms with Crippen LogP contribution in [-0.4, -0.2) is 100 Å². The van der Waals surface area contributed by atoms with Crippen LogP contribution in [0.5, 0.6) is 0 Å². The summed E-state index contributed by atoms with van der Waals surface area (Å²) < 4.78 is 5.96. The molecule has 0 saturated carbocycles. The number of hydrogen-bond donors (Lipinski definition) is 4. The number of nitrogens with two attached hydrogens (primary N) is 1. The number of likely N-dealkylation sites (N-methyl/N-ethyl adjacent to an activating group) is 1. The first-order valence-corrected chi connectivity index (χ1v) is 24.0. The number of unbranched alkanes of at least 4 members (excludes halogenated alkanes) is 3. The van der Waals surface area contributed by atoms with Crippen molar-refractivity contribution in [2.24, 2.45) is 23.2 Å². The van der Waals surface area contributed by atoms with Crippen LogP contribution in [0.3, 0.4) is 0 Å². The van der Waals surface area contributed by atoms with Gasteiger partial charge in [0.2, 0.25) is 5.91 Å². The molecular weight excluding hydrogens is 817 g/mol. The number of rotatable bonds is 27. The summed E-state index contributed by atoms with van der Waals surface area (Å²) in [5, 5.41) is 18.5.